The summed E-state index contributed by atoms with van der Waals surface area (Å²) in [6.07, 6.45) is 0. The summed E-state index contributed by atoms with van der Waals surface area (Å²) >= 11 is 9.12. The molecule has 0 aliphatic carbocycles. The maximum atomic E-state index is 13.8. The van der Waals surface area contributed by atoms with Crippen LogP contribution in [0.2, 0.25) is 0 Å². The second kappa shape index (κ2) is 5.72. The topological polar surface area (TPSA) is 9.23 Å². The maximum Gasteiger partial charge on any atom is 0.168 e. The average Bonchev–Trinajstić information content (AvgIpc) is 2.37. The molecular weight excluding hydrogens is 319 g/mol. The largest absolute Gasteiger partial charge is 0.453 e. The predicted octanol–water partition coefficient (Wildman–Crippen LogP) is 5.43. The van der Waals surface area contributed by atoms with E-state index in [4.69, 9.17) is 16.3 Å². The summed E-state index contributed by atoms with van der Waals surface area (Å²) < 4.78 is 20.1. The van der Waals surface area contributed by atoms with Crippen molar-refractivity contribution in [3.63, 3.8) is 0 Å². The molecule has 0 aliphatic heterocycles. The van der Waals surface area contributed by atoms with Crippen molar-refractivity contribution in [2.24, 2.45) is 0 Å². The van der Waals surface area contributed by atoms with Crippen LogP contribution in [0.5, 0.6) is 11.5 Å². The molecule has 2 rings (SSSR count). The van der Waals surface area contributed by atoms with Gasteiger partial charge in [-0.3, -0.25) is 0 Å². The Morgan fingerprint density at radius 2 is 2.00 bits per heavy atom. The van der Waals surface area contributed by atoms with Gasteiger partial charge in [0.2, 0.25) is 0 Å². The van der Waals surface area contributed by atoms with Crippen LogP contribution in [0.15, 0.2) is 40.9 Å². The summed E-state index contributed by atoms with van der Waals surface area (Å²) in [6, 6.07) is 10.5. The lowest BCUT2D eigenvalue weighted by atomic mass is 10.2. The summed E-state index contributed by atoms with van der Waals surface area (Å²) in [6.45, 7) is 1.70. The van der Waals surface area contributed by atoms with Gasteiger partial charge in [0, 0.05) is 5.88 Å². The third-order valence-corrected chi connectivity index (χ3v) is 3.46. The molecule has 0 bridgehead atoms. The van der Waals surface area contributed by atoms with Gasteiger partial charge in [-0.15, -0.1) is 11.6 Å². The van der Waals surface area contributed by atoms with E-state index < -0.39 is 0 Å². The molecule has 0 saturated carbocycles. The molecule has 0 unspecified atom stereocenters. The van der Waals surface area contributed by atoms with Crippen molar-refractivity contribution < 1.29 is 9.13 Å². The van der Waals surface area contributed by atoms with E-state index in [0.717, 1.165) is 10.0 Å². The summed E-state index contributed by atoms with van der Waals surface area (Å²) in [4.78, 5) is 0. The second-order valence-electron chi connectivity index (χ2n) is 3.89. The molecule has 0 heterocycles. The zero-order valence-corrected chi connectivity index (χ0v) is 12.1. The molecule has 0 atom stereocenters. The number of aryl methyl sites for hydroxylation is 1. The van der Waals surface area contributed by atoms with Crippen molar-refractivity contribution in [3.05, 3.63) is 57.8 Å². The summed E-state index contributed by atoms with van der Waals surface area (Å²) in [5.41, 5.74) is 1.53. The summed E-state index contributed by atoms with van der Waals surface area (Å²) in [5, 5.41) is 0. The molecule has 0 amide bonds. The third kappa shape index (κ3) is 2.85. The Kier molecular flexibility index (Phi) is 4.25. The lowest BCUT2D eigenvalue weighted by Crippen LogP contribution is -1.92. The van der Waals surface area contributed by atoms with E-state index in [-0.39, 0.29) is 11.6 Å². The van der Waals surface area contributed by atoms with Crippen molar-refractivity contribution in [3.8, 4) is 11.5 Å². The molecule has 2 aromatic carbocycles. The first-order chi connectivity index (χ1) is 8.61. The number of halogens is 3. The van der Waals surface area contributed by atoms with Gasteiger partial charge in [0.05, 0.1) is 4.47 Å². The zero-order chi connectivity index (χ0) is 13.1. The second-order valence-corrected chi connectivity index (χ2v) is 5.01. The monoisotopic (exact) mass is 328 g/mol. The van der Waals surface area contributed by atoms with E-state index in [1.54, 1.807) is 31.2 Å². The van der Waals surface area contributed by atoms with Crippen molar-refractivity contribution in [2.75, 3.05) is 0 Å². The fourth-order valence-electron chi connectivity index (χ4n) is 1.53. The van der Waals surface area contributed by atoms with Crippen LogP contribution >= 0.6 is 27.5 Å². The van der Waals surface area contributed by atoms with E-state index in [9.17, 15) is 4.39 Å². The van der Waals surface area contributed by atoms with E-state index in [1.165, 1.54) is 0 Å². The van der Waals surface area contributed by atoms with Crippen LogP contribution in [-0.2, 0) is 5.88 Å². The first kappa shape index (κ1) is 13.4. The van der Waals surface area contributed by atoms with Gasteiger partial charge in [-0.05, 0) is 52.2 Å². The highest BCUT2D eigenvalue weighted by molar-refractivity contribution is 9.10. The van der Waals surface area contributed by atoms with E-state index >= 15 is 0 Å². The van der Waals surface area contributed by atoms with Crippen LogP contribution in [0.1, 0.15) is 11.1 Å². The fraction of sp³-hybridized carbons (Fsp3) is 0.143. The van der Waals surface area contributed by atoms with Crippen molar-refractivity contribution in [2.45, 2.75) is 12.8 Å². The Labute approximate surface area is 119 Å². The molecule has 4 heteroatoms. The van der Waals surface area contributed by atoms with Crippen molar-refractivity contribution in [1.82, 2.24) is 0 Å². The molecule has 1 nitrogen and oxygen atoms in total. The normalized spacial score (nSPS) is 10.4. The molecule has 0 saturated heterocycles. The molecule has 0 fully saturated rings. The van der Waals surface area contributed by atoms with E-state index in [2.05, 4.69) is 15.9 Å². The van der Waals surface area contributed by atoms with Gasteiger partial charge >= 0.3 is 0 Å². The number of hydrogen-bond donors (Lipinski definition) is 0. The number of alkyl halides is 1. The van der Waals surface area contributed by atoms with E-state index in [0.29, 0.717) is 17.2 Å². The van der Waals surface area contributed by atoms with Gasteiger partial charge < -0.3 is 4.74 Å². The summed E-state index contributed by atoms with van der Waals surface area (Å²) in [5.74, 6) is 0.867. The Morgan fingerprint density at radius 1 is 1.22 bits per heavy atom. The van der Waals surface area contributed by atoms with E-state index in [1.807, 2.05) is 12.1 Å². The molecule has 18 heavy (non-hydrogen) atoms. The Hall–Kier alpha value is -1.06. The first-order valence-electron chi connectivity index (χ1n) is 5.39. The molecule has 0 radical (unpaired) electrons. The van der Waals surface area contributed by atoms with Gasteiger partial charge in [0.1, 0.15) is 5.75 Å². The molecular formula is C14H11BrClFO. The maximum absolute atomic E-state index is 13.8. The quantitative estimate of drug-likeness (QED) is 0.682. The summed E-state index contributed by atoms with van der Waals surface area (Å²) in [7, 11) is 0. The number of benzene rings is 2. The van der Waals surface area contributed by atoms with Gasteiger partial charge in [-0.2, -0.15) is 0 Å². The minimum Gasteiger partial charge on any atom is -0.453 e. The standard InChI is InChI=1S/C14H11BrClFO/c1-9-3-2-4-13(14(9)17)18-12-6-5-10(8-16)7-11(12)15/h2-7H,8H2,1H3. The molecule has 94 valence electrons. The van der Waals surface area contributed by atoms with Crippen molar-refractivity contribution in [1.29, 1.82) is 0 Å². The van der Waals surface area contributed by atoms with Crippen LogP contribution in [0.4, 0.5) is 4.39 Å². The smallest absolute Gasteiger partial charge is 0.168 e. The highest BCUT2D eigenvalue weighted by Crippen LogP contribution is 2.32. The molecule has 0 aromatic heterocycles. The van der Waals surface area contributed by atoms with Crippen molar-refractivity contribution >= 4 is 27.5 Å². The van der Waals surface area contributed by atoms with Crippen LogP contribution < -0.4 is 4.74 Å². The number of rotatable bonds is 3. The molecule has 0 N–H and O–H groups in total. The Balaban J connectivity index is 2.31. The fourth-order valence-corrected chi connectivity index (χ4v) is 2.20. The molecule has 0 aliphatic rings. The van der Waals surface area contributed by atoms with Gasteiger partial charge in [-0.25, -0.2) is 4.39 Å². The molecule has 0 spiro atoms. The minimum atomic E-state index is -0.342. The predicted molar refractivity (Wildman–Crippen MR) is 74.9 cm³/mol. The lowest BCUT2D eigenvalue weighted by molar-refractivity contribution is 0.438. The Bertz CT molecular complexity index is 572. The van der Waals surface area contributed by atoms with Gasteiger partial charge in [0.25, 0.3) is 0 Å². The highest BCUT2D eigenvalue weighted by atomic mass is 79.9. The van der Waals surface area contributed by atoms with Crippen LogP contribution in [0.25, 0.3) is 0 Å². The van der Waals surface area contributed by atoms with Crippen LogP contribution in [0, 0.1) is 12.7 Å². The van der Waals surface area contributed by atoms with Gasteiger partial charge in [-0.1, -0.05) is 18.2 Å². The van der Waals surface area contributed by atoms with Crippen LogP contribution in [0.3, 0.4) is 0 Å². The first-order valence-corrected chi connectivity index (χ1v) is 6.72. The minimum absolute atomic E-state index is 0.217. The SMILES string of the molecule is Cc1cccc(Oc2ccc(CCl)cc2Br)c1F. The molecule has 2 aromatic rings. The van der Waals surface area contributed by atoms with Crippen LogP contribution in [-0.4, -0.2) is 0 Å². The lowest BCUT2D eigenvalue weighted by Gasteiger charge is -2.10. The highest BCUT2D eigenvalue weighted by Gasteiger charge is 2.09. The average molecular weight is 330 g/mol. The van der Waals surface area contributed by atoms with Gasteiger partial charge in [0.15, 0.2) is 11.6 Å². The zero-order valence-electron chi connectivity index (χ0n) is 9.71. The number of ether oxygens (including phenoxy) is 1. The Morgan fingerprint density at radius 3 is 2.67 bits per heavy atom. The number of hydrogen-bond acceptors (Lipinski definition) is 1. The third-order valence-electron chi connectivity index (χ3n) is 2.53.